The number of halogens is 1. The molecule has 0 aliphatic carbocycles. The van der Waals surface area contributed by atoms with Gasteiger partial charge in [0.15, 0.2) is 0 Å². The molecule has 0 saturated carbocycles. The minimum atomic E-state index is -1.01. The molecule has 0 radical (unpaired) electrons. The summed E-state index contributed by atoms with van der Waals surface area (Å²) in [6.45, 7) is 15.0. The van der Waals surface area contributed by atoms with E-state index in [9.17, 15) is 14.4 Å². The predicted octanol–water partition coefficient (Wildman–Crippen LogP) is 2.91. The highest BCUT2D eigenvalue weighted by molar-refractivity contribution is 6.30. The van der Waals surface area contributed by atoms with Crippen LogP contribution in [-0.4, -0.2) is 101 Å². The Morgan fingerprint density at radius 1 is 1.00 bits per heavy atom. The zero-order valence-corrected chi connectivity index (χ0v) is 25.8. The molecule has 0 bridgehead atoms. The van der Waals surface area contributed by atoms with Crippen LogP contribution in [0, 0.1) is 5.92 Å². The third kappa shape index (κ3) is 8.41. The van der Waals surface area contributed by atoms with Crippen LogP contribution in [0.5, 0.6) is 0 Å². The van der Waals surface area contributed by atoms with Gasteiger partial charge in [-0.1, -0.05) is 51.4 Å². The fourth-order valence-electron chi connectivity index (χ4n) is 5.67. The van der Waals surface area contributed by atoms with E-state index in [0.717, 1.165) is 51.1 Å². The maximum absolute atomic E-state index is 13.8. The van der Waals surface area contributed by atoms with Crippen LogP contribution in [0.15, 0.2) is 24.3 Å². The van der Waals surface area contributed by atoms with E-state index < -0.39 is 11.6 Å². The molecular formula is C30H49ClN6O3. The van der Waals surface area contributed by atoms with Crippen molar-refractivity contribution in [2.24, 2.45) is 11.7 Å². The Bertz CT molecular complexity index is 984. The Balaban J connectivity index is 1.69. The number of hydrogen-bond donors (Lipinski definition) is 2. The highest BCUT2D eigenvalue weighted by Crippen LogP contribution is 2.22. The van der Waals surface area contributed by atoms with Crippen molar-refractivity contribution in [1.82, 2.24) is 25.1 Å². The van der Waals surface area contributed by atoms with Gasteiger partial charge in [0.2, 0.25) is 17.7 Å². The normalized spacial score (nSPS) is 18.3. The summed E-state index contributed by atoms with van der Waals surface area (Å²) in [5, 5.41) is 8.51. The fourth-order valence-corrected chi connectivity index (χ4v) is 5.80. The number of hydrazine groups is 1. The molecule has 1 aromatic carbocycles. The number of nitrogens with zero attached hydrogens (tertiary/aromatic N) is 4. The van der Waals surface area contributed by atoms with Crippen LogP contribution in [-0.2, 0) is 20.8 Å². The molecule has 0 unspecified atom stereocenters. The summed E-state index contributed by atoms with van der Waals surface area (Å²) in [4.78, 5) is 42.7. The molecule has 224 valence electrons. The summed E-state index contributed by atoms with van der Waals surface area (Å²) in [6, 6.07) is 7.07. The van der Waals surface area contributed by atoms with Crippen LogP contribution in [0.3, 0.4) is 0 Å². The number of benzene rings is 1. The van der Waals surface area contributed by atoms with Crippen molar-refractivity contribution in [2.75, 3.05) is 45.8 Å². The lowest BCUT2D eigenvalue weighted by molar-refractivity contribution is -0.146. The van der Waals surface area contributed by atoms with Gasteiger partial charge in [-0.3, -0.25) is 14.4 Å². The molecule has 3 rings (SSSR count). The minimum absolute atomic E-state index is 0.0808. The molecule has 1 atom stereocenters. The summed E-state index contributed by atoms with van der Waals surface area (Å²) in [5.41, 5.74) is 6.30. The van der Waals surface area contributed by atoms with E-state index in [1.807, 2.05) is 35.8 Å². The maximum Gasteiger partial charge on any atom is 0.245 e. The summed E-state index contributed by atoms with van der Waals surface area (Å²) < 4.78 is 0. The van der Waals surface area contributed by atoms with E-state index in [1.165, 1.54) is 0 Å². The van der Waals surface area contributed by atoms with E-state index in [1.54, 1.807) is 19.1 Å². The lowest BCUT2D eigenvalue weighted by Gasteiger charge is -2.47. The lowest BCUT2D eigenvalue weighted by Crippen LogP contribution is -2.63. The second-order valence-electron chi connectivity index (χ2n) is 11.8. The quantitative estimate of drug-likeness (QED) is 0.420. The number of rotatable bonds is 11. The van der Waals surface area contributed by atoms with Gasteiger partial charge in [0.05, 0.1) is 5.54 Å². The van der Waals surface area contributed by atoms with E-state index in [4.69, 9.17) is 17.3 Å². The SMILES string of the molecule is CCC(N)(CC)C(=O)N[C@H](Cc1ccc(Cl)cc1)C(=O)N1CCN(N(CC(C)C)C2CCN(C(C)=O)CC2)CC1. The predicted molar refractivity (Wildman–Crippen MR) is 160 cm³/mol. The number of carbonyl (C=O) groups excluding carboxylic acids is 3. The van der Waals surface area contributed by atoms with Crippen LogP contribution in [0.2, 0.25) is 5.02 Å². The molecule has 0 aromatic heterocycles. The van der Waals surface area contributed by atoms with E-state index in [0.29, 0.717) is 49.3 Å². The van der Waals surface area contributed by atoms with Gasteiger partial charge in [0, 0.05) is 70.2 Å². The summed E-state index contributed by atoms with van der Waals surface area (Å²) in [5.74, 6) is 0.273. The molecule has 2 fully saturated rings. The third-order valence-electron chi connectivity index (χ3n) is 8.49. The molecule has 40 heavy (non-hydrogen) atoms. The topological polar surface area (TPSA) is 102 Å². The number of carbonyl (C=O) groups is 3. The monoisotopic (exact) mass is 576 g/mol. The molecule has 2 aliphatic rings. The molecular weight excluding hydrogens is 528 g/mol. The minimum Gasteiger partial charge on any atom is -0.343 e. The van der Waals surface area contributed by atoms with Crippen LogP contribution >= 0.6 is 11.6 Å². The molecule has 3 amide bonds. The highest BCUT2D eigenvalue weighted by Gasteiger charge is 2.37. The Morgan fingerprint density at radius 2 is 1.57 bits per heavy atom. The van der Waals surface area contributed by atoms with Crippen molar-refractivity contribution in [2.45, 2.75) is 84.3 Å². The van der Waals surface area contributed by atoms with Gasteiger partial charge in [-0.25, -0.2) is 10.0 Å². The van der Waals surface area contributed by atoms with Crippen molar-refractivity contribution in [1.29, 1.82) is 0 Å². The van der Waals surface area contributed by atoms with E-state index in [-0.39, 0.29) is 17.7 Å². The Morgan fingerprint density at radius 3 is 2.08 bits per heavy atom. The van der Waals surface area contributed by atoms with Gasteiger partial charge in [-0.2, -0.15) is 0 Å². The zero-order valence-electron chi connectivity index (χ0n) is 25.0. The van der Waals surface area contributed by atoms with Gasteiger partial charge in [-0.15, -0.1) is 0 Å². The second kappa shape index (κ2) is 14.6. The second-order valence-corrected chi connectivity index (χ2v) is 12.2. The lowest BCUT2D eigenvalue weighted by atomic mass is 9.92. The van der Waals surface area contributed by atoms with Gasteiger partial charge < -0.3 is 20.9 Å². The van der Waals surface area contributed by atoms with Gasteiger partial charge in [0.1, 0.15) is 6.04 Å². The Kier molecular flexibility index (Phi) is 11.8. The van der Waals surface area contributed by atoms with Crippen molar-refractivity contribution in [3.8, 4) is 0 Å². The van der Waals surface area contributed by atoms with Crippen LogP contribution < -0.4 is 11.1 Å². The first-order valence-corrected chi connectivity index (χ1v) is 15.2. The Labute approximate surface area is 245 Å². The van der Waals surface area contributed by atoms with Gasteiger partial charge in [0.25, 0.3) is 0 Å². The first-order valence-electron chi connectivity index (χ1n) is 14.9. The molecule has 0 spiro atoms. The van der Waals surface area contributed by atoms with Crippen LogP contribution in [0.25, 0.3) is 0 Å². The number of piperidine rings is 1. The fraction of sp³-hybridized carbons (Fsp3) is 0.700. The van der Waals surface area contributed by atoms with Crippen LogP contribution in [0.1, 0.15) is 65.9 Å². The molecule has 2 aliphatic heterocycles. The van der Waals surface area contributed by atoms with Crippen molar-refractivity contribution in [3.05, 3.63) is 34.9 Å². The number of nitrogens with two attached hydrogens (primary N) is 1. The smallest absolute Gasteiger partial charge is 0.245 e. The highest BCUT2D eigenvalue weighted by atomic mass is 35.5. The Hall–Kier alpha value is -2.20. The summed E-state index contributed by atoms with van der Waals surface area (Å²) in [6.07, 6.45) is 3.27. The first kappa shape index (κ1) is 32.3. The number of amides is 3. The van der Waals surface area contributed by atoms with Gasteiger partial charge in [-0.05, 0) is 49.3 Å². The van der Waals surface area contributed by atoms with Crippen molar-refractivity contribution < 1.29 is 14.4 Å². The molecule has 10 heteroatoms. The number of likely N-dealkylation sites (tertiary alicyclic amines) is 1. The molecule has 1 aromatic rings. The zero-order chi connectivity index (χ0) is 29.4. The first-order chi connectivity index (χ1) is 19.0. The van der Waals surface area contributed by atoms with Gasteiger partial charge >= 0.3 is 0 Å². The average Bonchev–Trinajstić information content (AvgIpc) is 2.95. The number of nitrogens with one attached hydrogen (secondary N) is 1. The van der Waals surface area contributed by atoms with Crippen molar-refractivity contribution >= 4 is 29.3 Å². The molecule has 2 heterocycles. The maximum atomic E-state index is 13.8. The number of hydrogen-bond acceptors (Lipinski definition) is 6. The largest absolute Gasteiger partial charge is 0.343 e. The summed E-state index contributed by atoms with van der Waals surface area (Å²) in [7, 11) is 0. The molecule has 9 nitrogen and oxygen atoms in total. The number of piperazine rings is 1. The van der Waals surface area contributed by atoms with E-state index in [2.05, 4.69) is 29.2 Å². The standard InChI is InChI=1S/C30H49ClN6O3/c1-6-30(32,7-2)29(40)33-27(20-24-8-10-25(31)11-9-24)28(39)35-16-18-36(19-17-35)37(21-22(3)4)26-12-14-34(15-13-26)23(5)38/h8-11,22,26-27H,6-7,12-21,32H2,1-5H3,(H,33,40)/t27-/m1/s1. The molecule has 2 saturated heterocycles. The average molecular weight is 577 g/mol. The summed E-state index contributed by atoms with van der Waals surface area (Å²) >= 11 is 6.07. The van der Waals surface area contributed by atoms with Crippen molar-refractivity contribution in [3.63, 3.8) is 0 Å². The molecule has 3 N–H and O–H groups in total. The third-order valence-corrected chi connectivity index (χ3v) is 8.74. The van der Waals surface area contributed by atoms with E-state index >= 15 is 0 Å². The van der Waals surface area contributed by atoms with Crippen LogP contribution in [0.4, 0.5) is 0 Å².